The van der Waals surface area contributed by atoms with Crippen LogP contribution in [-0.4, -0.2) is 27.3 Å². The Bertz CT molecular complexity index is 412. The van der Waals surface area contributed by atoms with Gasteiger partial charge in [-0.1, -0.05) is 25.7 Å². The van der Waals surface area contributed by atoms with Gasteiger partial charge >= 0.3 is 0 Å². The molecule has 1 heterocycles. The van der Waals surface area contributed by atoms with Crippen molar-refractivity contribution in [2.75, 3.05) is 6.26 Å². The fourth-order valence-electron chi connectivity index (χ4n) is 3.69. The molecule has 0 aromatic carbocycles. The van der Waals surface area contributed by atoms with E-state index < -0.39 is 0 Å². The molecule has 1 aromatic rings. The Kier molecular flexibility index (Phi) is 5.05. The third-order valence-corrected chi connectivity index (χ3v) is 6.08. The Balaban J connectivity index is 1.52. The Morgan fingerprint density at radius 1 is 1.20 bits per heavy atom. The van der Waals surface area contributed by atoms with Crippen molar-refractivity contribution in [3.8, 4) is 0 Å². The molecule has 0 aliphatic heterocycles. The molecule has 112 valence electrons. The molecule has 1 N–H and O–H groups in total. The molecule has 2 atom stereocenters. The van der Waals surface area contributed by atoms with E-state index in [0.29, 0.717) is 12.1 Å². The minimum Gasteiger partial charge on any atom is -0.307 e. The Labute approximate surface area is 126 Å². The molecular weight excluding hydrogens is 266 g/mol. The van der Waals surface area contributed by atoms with Crippen LogP contribution in [0.3, 0.4) is 0 Å². The smallest absolute Gasteiger partial charge is 0.0762 e. The third kappa shape index (κ3) is 3.40. The molecule has 2 saturated carbocycles. The highest BCUT2D eigenvalue weighted by Gasteiger charge is 2.24. The molecule has 2 aliphatic carbocycles. The second kappa shape index (κ2) is 6.99. The highest BCUT2D eigenvalue weighted by Crippen LogP contribution is 2.29. The molecule has 4 heteroatoms. The first-order valence-corrected chi connectivity index (χ1v) is 9.46. The first-order valence-electron chi connectivity index (χ1n) is 8.17. The van der Waals surface area contributed by atoms with Gasteiger partial charge in [-0.3, -0.25) is 4.68 Å². The zero-order valence-corrected chi connectivity index (χ0v) is 13.4. The van der Waals surface area contributed by atoms with Crippen LogP contribution in [0, 0.1) is 0 Å². The largest absolute Gasteiger partial charge is 0.307 e. The van der Waals surface area contributed by atoms with Gasteiger partial charge in [0.25, 0.3) is 0 Å². The predicted molar refractivity (Wildman–Crippen MR) is 86.1 cm³/mol. The number of nitrogens with one attached hydrogen (secondary N) is 1. The van der Waals surface area contributed by atoms with Gasteiger partial charge in [0.15, 0.2) is 0 Å². The average Bonchev–Trinajstić information content (AvgIpc) is 3.16. The Morgan fingerprint density at radius 2 is 1.95 bits per heavy atom. The van der Waals surface area contributed by atoms with Gasteiger partial charge in [-0.15, -0.1) is 0 Å². The number of thioether (sulfide) groups is 1. The first-order chi connectivity index (χ1) is 9.86. The maximum absolute atomic E-state index is 4.77. The van der Waals surface area contributed by atoms with Gasteiger partial charge in [-0.25, -0.2) is 0 Å². The summed E-state index contributed by atoms with van der Waals surface area (Å²) in [6.45, 7) is 0.932. The summed E-state index contributed by atoms with van der Waals surface area (Å²) in [6.07, 6.45) is 15.3. The lowest BCUT2D eigenvalue weighted by Crippen LogP contribution is -2.40. The van der Waals surface area contributed by atoms with E-state index in [9.17, 15) is 0 Å². The highest BCUT2D eigenvalue weighted by atomic mass is 32.2. The molecule has 20 heavy (non-hydrogen) atoms. The van der Waals surface area contributed by atoms with Gasteiger partial charge in [0.05, 0.1) is 11.7 Å². The number of aromatic nitrogens is 2. The highest BCUT2D eigenvalue weighted by molar-refractivity contribution is 7.99. The summed E-state index contributed by atoms with van der Waals surface area (Å²) in [5.41, 5.74) is 1.21. The monoisotopic (exact) mass is 293 g/mol. The summed E-state index contributed by atoms with van der Waals surface area (Å²) in [6, 6.07) is 3.54. The van der Waals surface area contributed by atoms with Crippen LogP contribution >= 0.6 is 11.8 Å². The van der Waals surface area contributed by atoms with E-state index in [4.69, 9.17) is 5.10 Å². The van der Waals surface area contributed by atoms with Crippen LogP contribution < -0.4 is 5.32 Å². The van der Waals surface area contributed by atoms with Crippen LogP contribution in [0.2, 0.25) is 0 Å². The molecule has 2 aliphatic rings. The van der Waals surface area contributed by atoms with E-state index in [-0.39, 0.29) is 0 Å². The average molecular weight is 293 g/mol. The molecule has 2 unspecified atom stereocenters. The van der Waals surface area contributed by atoms with Gasteiger partial charge in [-0.2, -0.15) is 16.9 Å². The van der Waals surface area contributed by atoms with Crippen molar-refractivity contribution in [3.63, 3.8) is 0 Å². The van der Waals surface area contributed by atoms with Gasteiger partial charge in [0.2, 0.25) is 0 Å². The summed E-state index contributed by atoms with van der Waals surface area (Å²) in [7, 11) is 0. The van der Waals surface area contributed by atoms with Crippen molar-refractivity contribution in [3.05, 3.63) is 18.0 Å². The van der Waals surface area contributed by atoms with E-state index in [1.807, 2.05) is 11.8 Å². The van der Waals surface area contributed by atoms with Crippen LogP contribution in [-0.2, 0) is 6.54 Å². The zero-order chi connectivity index (χ0) is 13.8. The van der Waals surface area contributed by atoms with E-state index in [1.54, 1.807) is 0 Å². The van der Waals surface area contributed by atoms with Crippen molar-refractivity contribution < 1.29 is 0 Å². The fraction of sp³-hybridized carbons (Fsp3) is 0.812. The lowest BCUT2D eigenvalue weighted by atomic mass is 9.95. The second-order valence-electron chi connectivity index (χ2n) is 6.27. The van der Waals surface area contributed by atoms with Crippen LogP contribution in [0.1, 0.15) is 63.1 Å². The van der Waals surface area contributed by atoms with Crippen molar-refractivity contribution in [1.82, 2.24) is 15.1 Å². The lowest BCUT2D eigenvalue weighted by molar-refractivity contribution is 0.379. The molecule has 3 rings (SSSR count). The third-order valence-electron chi connectivity index (χ3n) is 4.91. The minimum atomic E-state index is 0.664. The fourth-order valence-corrected chi connectivity index (χ4v) is 4.66. The van der Waals surface area contributed by atoms with Crippen LogP contribution in [0.5, 0.6) is 0 Å². The summed E-state index contributed by atoms with van der Waals surface area (Å²) in [5.74, 6) is 0. The summed E-state index contributed by atoms with van der Waals surface area (Å²) in [4.78, 5) is 0. The molecule has 0 amide bonds. The van der Waals surface area contributed by atoms with Crippen molar-refractivity contribution in [2.24, 2.45) is 0 Å². The SMILES string of the molecule is CSC1CCCCC1NCc1ccn(C2CCCC2)n1. The molecule has 3 nitrogen and oxygen atoms in total. The molecule has 0 radical (unpaired) electrons. The van der Waals surface area contributed by atoms with E-state index >= 15 is 0 Å². The molecule has 0 spiro atoms. The van der Waals surface area contributed by atoms with Crippen molar-refractivity contribution >= 4 is 11.8 Å². The van der Waals surface area contributed by atoms with Gasteiger partial charge < -0.3 is 5.32 Å². The van der Waals surface area contributed by atoms with Crippen molar-refractivity contribution in [1.29, 1.82) is 0 Å². The Morgan fingerprint density at radius 3 is 2.75 bits per heavy atom. The molecule has 0 saturated heterocycles. The lowest BCUT2D eigenvalue weighted by Gasteiger charge is -2.30. The van der Waals surface area contributed by atoms with Gasteiger partial charge in [0.1, 0.15) is 0 Å². The number of rotatable bonds is 5. The first kappa shape index (κ1) is 14.5. The topological polar surface area (TPSA) is 29.9 Å². The number of hydrogen-bond donors (Lipinski definition) is 1. The van der Waals surface area contributed by atoms with E-state index in [0.717, 1.165) is 11.8 Å². The van der Waals surface area contributed by atoms with Gasteiger partial charge in [0, 0.05) is 24.0 Å². The maximum Gasteiger partial charge on any atom is 0.0762 e. The van der Waals surface area contributed by atoms with Crippen LogP contribution in [0.25, 0.3) is 0 Å². The Hall–Kier alpha value is -0.480. The van der Waals surface area contributed by atoms with Crippen LogP contribution in [0.15, 0.2) is 12.3 Å². The predicted octanol–water partition coefficient (Wildman–Crippen LogP) is 3.76. The number of nitrogens with zero attached hydrogens (tertiary/aromatic N) is 2. The summed E-state index contributed by atoms with van der Waals surface area (Å²) < 4.78 is 2.21. The normalized spacial score (nSPS) is 28.1. The standard InChI is InChI=1S/C16H27N3S/c1-20-16-9-5-4-8-15(16)17-12-13-10-11-19(18-13)14-6-2-3-7-14/h10-11,14-17H,2-9,12H2,1H3. The molecule has 1 aromatic heterocycles. The molecule has 2 fully saturated rings. The van der Waals surface area contributed by atoms with E-state index in [2.05, 4.69) is 28.5 Å². The number of hydrogen-bond acceptors (Lipinski definition) is 3. The summed E-state index contributed by atoms with van der Waals surface area (Å²) >= 11 is 2.03. The van der Waals surface area contributed by atoms with Crippen LogP contribution in [0.4, 0.5) is 0 Å². The quantitative estimate of drug-likeness (QED) is 0.896. The van der Waals surface area contributed by atoms with Gasteiger partial charge in [-0.05, 0) is 38.0 Å². The summed E-state index contributed by atoms with van der Waals surface area (Å²) in [5, 5.41) is 9.31. The molecule has 0 bridgehead atoms. The minimum absolute atomic E-state index is 0.664. The second-order valence-corrected chi connectivity index (χ2v) is 7.35. The van der Waals surface area contributed by atoms with E-state index in [1.165, 1.54) is 57.1 Å². The molecular formula is C16H27N3S. The van der Waals surface area contributed by atoms with Crippen molar-refractivity contribution in [2.45, 2.75) is 75.2 Å². The maximum atomic E-state index is 4.77. The zero-order valence-electron chi connectivity index (χ0n) is 12.6.